The summed E-state index contributed by atoms with van der Waals surface area (Å²) in [5.74, 6) is -0.585. The molecular formula is C20H16FN5O2. The minimum Gasteiger partial charge on any atom is -0.350 e. The third-order valence-corrected chi connectivity index (χ3v) is 4.22. The lowest BCUT2D eigenvalue weighted by atomic mass is 10.1. The fourth-order valence-electron chi connectivity index (χ4n) is 2.84. The van der Waals surface area contributed by atoms with E-state index in [1.165, 1.54) is 22.7 Å². The van der Waals surface area contributed by atoms with E-state index in [4.69, 9.17) is 0 Å². The van der Waals surface area contributed by atoms with Gasteiger partial charge in [-0.1, -0.05) is 12.1 Å². The van der Waals surface area contributed by atoms with Crippen LogP contribution in [0.1, 0.15) is 11.3 Å². The highest BCUT2D eigenvalue weighted by Crippen LogP contribution is 2.16. The van der Waals surface area contributed by atoms with Gasteiger partial charge in [0.1, 0.15) is 5.82 Å². The normalized spacial score (nSPS) is 10.9. The van der Waals surface area contributed by atoms with Crippen molar-refractivity contribution in [2.75, 3.05) is 0 Å². The zero-order chi connectivity index (χ0) is 19.5. The molecule has 4 rings (SSSR count). The minimum absolute atomic E-state index is 0.122. The number of carbonyl (C=O) groups is 1. The van der Waals surface area contributed by atoms with Crippen LogP contribution in [0.2, 0.25) is 0 Å². The van der Waals surface area contributed by atoms with Gasteiger partial charge >= 0.3 is 0 Å². The summed E-state index contributed by atoms with van der Waals surface area (Å²) in [6.45, 7) is 0.124. The number of nitrogens with zero attached hydrogens (tertiary/aromatic N) is 3. The van der Waals surface area contributed by atoms with E-state index in [2.05, 4.69) is 20.4 Å². The molecule has 28 heavy (non-hydrogen) atoms. The summed E-state index contributed by atoms with van der Waals surface area (Å²) < 4.78 is 14.3. The number of carbonyl (C=O) groups excluding carboxylic acids is 1. The van der Waals surface area contributed by atoms with Crippen LogP contribution in [0.3, 0.4) is 0 Å². The molecule has 0 unspecified atom stereocenters. The van der Waals surface area contributed by atoms with E-state index in [0.717, 1.165) is 11.3 Å². The van der Waals surface area contributed by atoms with E-state index in [1.54, 1.807) is 36.7 Å². The van der Waals surface area contributed by atoms with Crippen molar-refractivity contribution in [2.24, 2.45) is 0 Å². The van der Waals surface area contributed by atoms with Crippen molar-refractivity contribution < 1.29 is 9.18 Å². The number of aromatic amines is 1. The topological polar surface area (TPSA) is 92.2 Å². The maximum absolute atomic E-state index is 12.9. The molecule has 0 saturated carbocycles. The Balaban J connectivity index is 1.49. The summed E-state index contributed by atoms with van der Waals surface area (Å²) in [6, 6.07) is 12.5. The monoisotopic (exact) mass is 377 g/mol. The first-order valence-electron chi connectivity index (χ1n) is 8.62. The van der Waals surface area contributed by atoms with Gasteiger partial charge in [-0.25, -0.2) is 13.9 Å². The molecule has 0 aliphatic carbocycles. The lowest BCUT2D eigenvalue weighted by Crippen LogP contribution is -2.26. The molecule has 2 N–H and O–H groups in total. The number of amides is 1. The molecule has 0 bridgehead atoms. The van der Waals surface area contributed by atoms with Gasteiger partial charge in [-0.05, 0) is 29.8 Å². The van der Waals surface area contributed by atoms with E-state index in [9.17, 15) is 14.0 Å². The molecule has 1 amide bonds. The number of fused-ring (bicyclic) bond motifs is 1. The molecular weight excluding hydrogens is 361 g/mol. The van der Waals surface area contributed by atoms with Gasteiger partial charge < -0.3 is 5.32 Å². The molecule has 0 atom stereocenters. The van der Waals surface area contributed by atoms with Gasteiger partial charge in [-0.3, -0.25) is 19.7 Å². The molecule has 7 nitrogen and oxygen atoms in total. The maximum Gasteiger partial charge on any atom is 0.272 e. The number of nitrogens with one attached hydrogen (secondary N) is 2. The predicted molar refractivity (Wildman–Crippen MR) is 101 cm³/mol. The smallest absolute Gasteiger partial charge is 0.272 e. The van der Waals surface area contributed by atoms with Gasteiger partial charge in [-0.15, -0.1) is 0 Å². The quantitative estimate of drug-likeness (QED) is 0.557. The van der Waals surface area contributed by atoms with Crippen LogP contribution in [0.4, 0.5) is 4.39 Å². The number of hydrogen-bond donors (Lipinski definition) is 2. The van der Waals surface area contributed by atoms with E-state index < -0.39 is 0 Å². The third-order valence-electron chi connectivity index (χ3n) is 4.22. The van der Waals surface area contributed by atoms with Crippen LogP contribution in [-0.2, 0) is 17.8 Å². The molecule has 140 valence electrons. The third kappa shape index (κ3) is 3.80. The molecule has 3 heterocycles. The Hall–Kier alpha value is -3.81. The van der Waals surface area contributed by atoms with Gasteiger partial charge in [0.15, 0.2) is 5.65 Å². The summed E-state index contributed by atoms with van der Waals surface area (Å²) in [4.78, 5) is 32.9. The van der Waals surface area contributed by atoms with Crippen LogP contribution >= 0.6 is 0 Å². The summed E-state index contributed by atoms with van der Waals surface area (Å²) in [7, 11) is 0. The van der Waals surface area contributed by atoms with Crippen LogP contribution < -0.4 is 10.9 Å². The Kier molecular flexibility index (Phi) is 4.67. The number of benzene rings is 1. The largest absolute Gasteiger partial charge is 0.350 e. The fraction of sp³-hybridized carbons (Fsp3) is 0.100. The lowest BCUT2D eigenvalue weighted by Gasteiger charge is -2.05. The summed E-state index contributed by atoms with van der Waals surface area (Å²) in [6.07, 6.45) is 3.48. The van der Waals surface area contributed by atoms with Gasteiger partial charge in [0.2, 0.25) is 5.91 Å². The summed E-state index contributed by atoms with van der Waals surface area (Å²) >= 11 is 0. The Morgan fingerprint density at radius 3 is 2.75 bits per heavy atom. The van der Waals surface area contributed by atoms with Crippen molar-refractivity contribution >= 4 is 11.6 Å². The molecule has 1 aromatic carbocycles. The van der Waals surface area contributed by atoms with E-state index in [1.807, 2.05) is 6.07 Å². The lowest BCUT2D eigenvalue weighted by molar-refractivity contribution is -0.120. The molecule has 3 aromatic heterocycles. The van der Waals surface area contributed by atoms with Crippen molar-refractivity contribution in [2.45, 2.75) is 13.0 Å². The number of hydrogen-bond acceptors (Lipinski definition) is 4. The Morgan fingerprint density at radius 1 is 1.18 bits per heavy atom. The highest BCUT2D eigenvalue weighted by molar-refractivity contribution is 5.78. The molecule has 0 aliphatic rings. The van der Waals surface area contributed by atoms with Gasteiger partial charge in [-0.2, -0.15) is 0 Å². The number of aromatic nitrogens is 4. The first-order valence-corrected chi connectivity index (χ1v) is 8.62. The van der Waals surface area contributed by atoms with Crippen LogP contribution in [0.5, 0.6) is 0 Å². The first-order chi connectivity index (χ1) is 13.6. The highest BCUT2D eigenvalue weighted by atomic mass is 19.1. The first kappa shape index (κ1) is 17.6. The molecule has 0 spiro atoms. The van der Waals surface area contributed by atoms with Crippen LogP contribution in [0.15, 0.2) is 65.7 Å². The number of halogens is 1. The second-order valence-corrected chi connectivity index (χ2v) is 6.27. The highest BCUT2D eigenvalue weighted by Gasteiger charge is 2.09. The second-order valence-electron chi connectivity index (χ2n) is 6.27. The van der Waals surface area contributed by atoms with Crippen molar-refractivity contribution in [3.8, 4) is 11.3 Å². The van der Waals surface area contributed by atoms with Crippen molar-refractivity contribution in [1.82, 2.24) is 24.9 Å². The number of rotatable bonds is 5. The van der Waals surface area contributed by atoms with E-state index in [0.29, 0.717) is 16.9 Å². The molecule has 4 aromatic rings. The van der Waals surface area contributed by atoms with Crippen molar-refractivity contribution in [3.63, 3.8) is 0 Å². The molecule has 0 radical (unpaired) electrons. The molecule has 0 aliphatic heterocycles. The van der Waals surface area contributed by atoms with Crippen LogP contribution in [-0.4, -0.2) is 25.5 Å². The van der Waals surface area contributed by atoms with Gasteiger partial charge in [0, 0.05) is 30.1 Å². The minimum atomic E-state index is -0.348. The van der Waals surface area contributed by atoms with Crippen molar-refractivity contribution in [1.29, 1.82) is 0 Å². The molecule has 0 saturated heterocycles. The van der Waals surface area contributed by atoms with Gasteiger partial charge in [0.05, 0.1) is 24.4 Å². The average Bonchev–Trinajstić information content (AvgIpc) is 3.14. The predicted octanol–water partition coefficient (Wildman–Crippen LogP) is 2.08. The van der Waals surface area contributed by atoms with E-state index >= 15 is 0 Å². The van der Waals surface area contributed by atoms with Crippen LogP contribution in [0, 0.1) is 5.82 Å². The van der Waals surface area contributed by atoms with Crippen molar-refractivity contribution in [3.05, 3.63) is 88.4 Å². The Morgan fingerprint density at radius 2 is 2.00 bits per heavy atom. The number of pyridine rings is 1. The molecule has 8 heteroatoms. The zero-order valence-corrected chi connectivity index (χ0v) is 14.7. The molecule has 0 fully saturated rings. The SMILES string of the molecule is O=C(Cc1ccc(F)cc1)NCc1cc(=O)n2[nH]c(-c3cccnc3)cc2n1. The Bertz CT molecular complexity index is 1180. The zero-order valence-electron chi connectivity index (χ0n) is 14.7. The van der Waals surface area contributed by atoms with E-state index in [-0.39, 0.29) is 30.2 Å². The number of H-pyrrole nitrogens is 1. The average molecular weight is 377 g/mol. The Labute approximate surface area is 158 Å². The van der Waals surface area contributed by atoms with Gasteiger partial charge in [0.25, 0.3) is 5.56 Å². The summed E-state index contributed by atoms with van der Waals surface area (Å²) in [5.41, 5.74) is 2.89. The maximum atomic E-state index is 12.9. The fourth-order valence-corrected chi connectivity index (χ4v) is 2.84. The van der Waals surface area contributed by atoms with Crippen LogP contribution in [0.25, 0.3) is 16.9 Å². The standard InChI is InChI=1S/C20H16FN5O2/c21-15-5-3-13(4-6-15)8-19(27)23-12-16-9-20(28)26-18(24-16)10-17(25-26)14-2-1-7-22-11-14/h1-7,9-11,25H,8,12H2,(H,23,27). The second kappa shape index (κ2) is 7.43. The summed E-state index contributed by atoms with van der Waals surface area (Å²) in [5, 5.41) is 5.72.